The van der Waals surface area contributed by atoms with Crippen LogP contribution in [0.5, 0.6) is 0 Å². The standard InChI is InChI=1S/C37H60ClN5O3/c1-35(2,3)41-22-29(25-12-14-26(38)15-13-25)30(23-41)32(44)42-21-28(20-31(42)33(45)40(10)11)43(27-16-18-36(4,5)19-17-27)34(46)37(6,7)24-39(8)9/h12-15,27-31H,16-24H2,1-11H3/t28-,29-,30+,31-/m0/s1. The van der Waals surface area contributed by atoms with Crippen LogP contribution in [-0.4, -0.2) is 120 Å². The smallest absolute Gasteiger partial charge is 0.244 e. The van der Waals surface area contributed by atoms with Crippen molar-refractivity contribution < 1.29 is 14.4 Å². The van der Waals surface area contributed by atoms with Gasteiger partial charge in [-0.3, -0.25) is 19.3 Å². The molecule has 0 radical (unpaired) electrons. The molecule has 1 saturated carbocycles. The van der Waals surface area contributed by atoms with Gasteiger partial charge in [0.05, 0.1) is 17.4 Å². The fraction of sp³-hybridized carbons (Fsp3) is 0.757. The Labute approximate surface area is 283 Å². The van der Waals surface area contributed by atoms with E-state index in [4.69, 9.17) is 11.6 Å². The summed E-state index contributed by atoms with van der Waals surface area (Å²) in [7, 11) is 7.53. The Morgan fingerprint density at radius 1 is 0.891 bits per heavy atom. The van der Waals surface area contributed by atoms with Crippen LogP contribution in [0, 0.1) is 16.7 Å². The number of hydrogen-bond donors (Lipinski definition) is 0. The lowest BCUT2D eigenvalue weighted by Crippen LogP contribution is -2.56. The van der Waals surface area contributed by atoms with E-state index in [0.29, 0.717) is 31.1 Å². The quantitative estimate of drug-likeness (QED) is 0.364. The summed E-state index contributed by atoms with van der Waals surface area (Å²) >= 11 is 6.25. The van der Waals surface area contributed by atoms with E-state index in [0.717, 1.165) is 37.8 Å². The highest BCUT2D eigenvalue weighted by Crippen LogP contribution is 2.42. The van der Waals surface area contributed by atoms with Gasteiger partial charge in [-0.2, -0.15) is 0 Å². The molecular formula is C37H60ClN5O3. The summed E-state index contributed by atoms with van der Waals surface area (Å²) in [5.41, 5.74) is 0.631. The van der Waals surface area contributed by atoms with Crippen LogP contribution in [0.15, 0.2) is 24.3 Å². The number of benzene rings is 1. The molecule has 8 nitrogen and oxygen atoms in total. The van der Waals surface area contributed by atoms with E-state index in [1.165, 1.54) is 0 Å². The minimum Gasteiger partial charge on any atom is -0.347 e. The molecule has 4 rings (SSSR count). The van der Waals surface area contributed by atoms with Crippen LogP contribution in [0.3, 0.4) is 0 Å². The third kappa shape index (κ3) is 8.10. The van der Waals surface area contributed by atoms with Crippen LogP contribution in [0.4, 0.5) is 0 Å². The molecule has 0 bridgehead atoms. The average Bonchev–Trinajstić information content (AvgIpc) is 3.59. The van der Waals surface area contributed by atoms with Crippen molar-refractivity contribution in [3.63, 3.8) is 0 Å². The summed E-state index contributed by atoms with van der Waals surface area (Å²) in [4.78, 5) is 53.3. The van der Waals surface area contributed by atoms with Gasteiger partial charge in [0.1, 0.15) is 6.04 Å². The molecule has 258 valence electrons. The second kappa shape index (κ2) is 13.8. The number of amides is 3. The first-order valence-electron chi connectivity index (χ1n) is 17.2. The molecule has 1 aliphatic carbocycles. The van der Waals surface area contributed by atoms with Crippen LogP contribution in [0.2, 0.25) is 5.02 Å². The summed E-state index contributed by atoms with van der Waals surface area (Å²) in [6.07, 6.45) is 4.45. The zero-order valence-electron chi connectivity index (χ0n) is 30.4. The summed E-state index contributed by atoms with van der Waals surface area (Å²) in [6, 6.07) is 7.14. The van der Waals surface area contributed by atoms with Crippen LogP contribution >= 0.6 is 11.6 Å². The number of likely N-dealkylation sites (tertiary alicyclic amines) is 2. The van der Waals surface area contributed by atoms with Crippen LogP contribution in [-0.2, 0) is 14.4 Å². The van der Waals surface area contributed by atoms with E-state index in [9.17, 15) is 14.4 Å². The van der Waals surface area contributed by atoms with Gasteiger partial charge in [-0.25, -0.2) is 0 Å². The molecule has 2 aliphatic heterocycles. The first-order chi connectivity index (χ1) is 21.2. The van der Waals surface area contributed by atoms with Crippen LogP contribution in [0.1, 0.15) is 92.1 Å². The SMILES string of the molecule is CN(C)CC(C)(C)C(=O)N(C1CCC(C)(C)CC1)[C@H]1C[C@@H](C(=O)N(C)C)N(C(=O)[C@@H]2CN(C(C)(C)C)C[C@H]2c2ccc(Cl)cc2)C1. The number of rotatable bonds is 8. The van der Waals surface area contributed by atoms with Gasteiger partial charge in [-0.1, -0.05) is 37.6 Å². The van der Waals surface area contributed by atoms with Gasteiger partial charge in [0.2, 0.25) is 17.7 Å². The molecule has 9 heteroatoms. The molecule has 2 heterocycles. The Morgan fingerprint density at radius 3 is 2.00 bits per heavy atom. The Morgan fingerprint density at radius 2 is 1.48 bits per heavy atom. The summed E-state index contributed by atoms with van der Waals surface area (Å²) in [5.74, 6) is -0.259. The first-order valence-corrected chi connectivity index (χ1v) is 17.6. The van der Waals surface area contributed by atoms with Crippen molar-refractivity contribution in [3.05, 3.63) is 34.9 Å². The maximum absolute atomic E-state index is 14.8. The van der Waals surface area contributed by atoms with Crippen molar-refractivity contribution in [1.82, 2.24) is 24.5 Å². The lowest BCUT2D eigenvalue weighted by atomic mass is 9.74. The van der Waals surface area contributed by atoms with E-state index in [1.807, 2.05) is 57.1 Å². The molecule has 0 spiro atoms. The summed E-state index contributed by atoms with van der Waals surface area (Å²) in [6.45, 7) is 17.6. The minimum atomic E-state index is -0.604. The Bertz CT molecular complexity index is 1240. The van der Waals surface area contributed by atoms with E-state index in [1.54, 1.807) is 19.0 Å². The van der Waals surface area contributed by atoms with Gasteiger partial charge >= 0.3 is 0 Å². The molecular weight excluding hydrogens is 598 g/mol. The highest BCUT2D eigenvalue weighted by molar-refractivity contribution is 6.30. The molecule has 3 aliphatic rings. The highest BCUT2D eigenvalue weighted by Gasteiger charge is 2.51. The van der Waals surface area contributed by atoms with Crippen molar-refractivity contribution in [1.29, 1.82) is 0 Å². The zero-order chi connectivity index (χ0) is 34.4. The Hall–Kier alpha value is -2.16. The number of carbonyl (C=O) groups excluding carboxylic acids is 3. The number of halogens is 1. The predicted octanol–water partition coefficient (Wildman–Crippen LogP) is 5.60. The lowest BCUT2D eigenvalue weighted by molar-refractivity contribution is -0.148. The Balaban J connectivity index is 1.71. The second-order valence-corrected chi connectivity index (χ2v) is 17.6. The molecule has 3 amide bonds. The number of likely N-dealkylation sites (N-methyl/N-ethyl adjacent to an activating group) is 1. The minimum absolute atomic E-state index is 0.0131. The molecule has 2 saturated heterocycles. The van der Waals surface area contributed by atoms with Gasteiger partial charge < -0.3 is 19.6 Å². The van der Waals surface area contributed by atoms with Gasteiger partial charge in [0.25, 0.3) is 0 Å². The van der Waals surface area contributed by atoms with Crippen molar-refractivity contribution in [2.45, 2.75) is 110 Å². The third-order valence-electron chi connectivity index (χ3n) is 10.8. The van der Waals surface area contributed by atoms with Crippen molar-refractivity contribution in [2.75, 3.05) is 54.4 Å². The zero-order valence-corrected chi connectivity index (χ0v) is 31.2. The predicted molar refractivity (Wildman–Crippen MR) is 187 cm³/mol. The van der Waals surface area contributed by atoms with Crippen molar-refractivity contribution in [2.24, 2.45) is 16.7 Å². The van der Waals surface area contributed by atoms with Gasteiger partial charge in [-0.15, -0.1) is 0 Å². The second-order valence-electron chi connectivity index (χ2n) is 17.2. The third-order valence-corrected chi connectivity index (χ3v) is 11.0. The van der Waals surface area contributed by atoms with Gasteiger partial charge in [-0.05, 0) is 104 Å². The molecule has 0 N–H and O–H groups in total. The molecule has 0 aromatic heterocycles. The lowest BCUT2D eigenvalue weighted by Gasteiger charge is -2.45. The van der Waals surface area contributed by atoms with Crippen LogP contribution < -0.4 is 0 Å². The van der Waals surface area contributed by atoms with Gasteiger partial charge in [0.15, 0.2) is 0 Å². The van der Waals surface area contributed by atoms with Crippen molar-refractivity contribution in [3.8, 4) is 0 Å². The average molecular weight is 658 g/mol. The molecule has 0 unspecified atom stereocenters. The highest BCUT2D eigenvalue weighted by atomic mass is 35.5. The maximum atomic E-state index is 14.8. The van der Waals surface area contributed by atoms with E-state index < -0.39 is 11.5 Å². The molecule has 4 atom stereocenters. The maximum Gasteiger partial charge on any atom is 0.244 e. The largest absolute Gasteiger partial charge is 0.347 e. The fourth-order valence-electron chi connectivity index (χ4n) is 8.15. The monoisotopic (exact) mass is 657 g/mol. The number of nitrogens with zero attached hydrogens (tertiary/aromatic N) is 5. The molecule has 3 fully saturated rings. The van der Waals surface area contributed by atoms with Gasteiger partial charge in [0, 0.05) is 62.8 Å². The van der Waals surface area contributed by atoms with Crippen LogP contribution in [0.25, 0.3) is 0 Å². The molecule has 46 heavy (non-hydrogen) atoms. The molecule has 1 aromatic rings. The Kier molecular flexibility index (Phi) is 11.0. The first kappa shape index (κ1) is 36.7. The molecule has 1 aromatic carbocycles. The number of carbonyl (C=O) groups is 3. The number of hydrogen-bond acceptors (Lipinski definition) is 5. The van der Waals surface area contributed by atoms with Crippen molar-refractivity contribution >= 4 is 29.3 Å². The summed E-state index contributed by atoms with van der Waals surface area (Å²) in [5, 5.41) is 0.671. The fourth-order valence-corrected chi connectivity index (χ4v) is 8.28. The van der Waals surface area contributed by atoms with E-state index >= 15 is 0 Å². The topological polar surface area (TPSA) is 67.4 Å². The van der Waals surface area contributed by atoms with E-state index in [-0.39, 0.29) is 52.6 Å². The van der Waals surface area contributed by atoms with E-state index in [2.05, 4.69) is 49.3 Å². The summed E-state index contributed by atoms with van der Waals surface area (Å²) < 4.78 is 0. The normalized spacial score (nSPS) is 26.1.